The molecule has 8 nitrogen and oxygen atoms in total. The number of nitrogens with zero attached hydrogens (tertiary/aromatic N) is 5. The fourth-order valence-corrected chi connectivity index (χ4v) is 2.73. The van der Waals surface area contributed by atoms with Gasteiger partial charge >= 0.3 is 0 Å². The molecule has 4 aromatic rings. The third-order valence-electron chi connectivity index (χ3n) is 3.96. The number of non-ortho nitro benzene ring substituents is 1. The summed E-state index contributed by atoms with van der Waals surface area (Å²) in [4.78, 5) is 31.6. The summed E-state index contributed by atoms with van der Waals surface area (Å²) < 4.78 is 2.90. The number of nitro benzene ring substituents is 1. The second-order valence-electron chi connectivity index (χ2n) is 5.75. The van der Waals surface area contributed by atoms with Gasteiger partial charge in [-0.3, -0.25) is 24.6 Å². The summed E-state index contributed by atoms with van der Waals surface area (Å²) in [5.74, 6) is 0. The van der Waals surface area contributed by atoms with Gasteiger partial charge in [0.1, 0.15) is 0 Å². The van der Waals surface area contributed by atoms with Crippen LogP contribution in [0.5, 0.6) is 0 Å². The quantitative estimate of drug-likeness (QED) is 0.412. The fraction of sp³-hybridized carbons (Fsp3) is 0. The summed E-state index contributed by atoms with van der Waals surface area (Å²) in [6, 6.07) is 12.9. The molecule has 0 N–H and O–H groups in total. The van der Waals surface area contributed by atoms with Crippen molar-refractivity contribution in [2.24, 2.45) is 0 Å². The van der Waals surface area contributed by atoms with Gasteiger partial charge in [-0.15, -0.1) is 0 Å². The Bertz CT molecular complexity index is 1230. The van der Waals surface area contributed by atoms with Crippen LogP contribution in [0.25, 0.3) is 23.5 Å². The minimum atomic E-state index is -0.475. The van der Waals surface area contributed by atoms with E-state index in [1.807, 2.05) is 18.2 Å². The molecule has 0 aliphatic heterocycles. The van der Waals surface area contributed by atoms with E-state index >= 15 is 0 Å². The van der Waals surface area contributed by atoms with Crippen LogP contribution in [0.3, 0.4) is 0 Å². The highest BCUT2D eigenvalue weighted by Gasteiger charge is 2.11. The lowest BCUT2D eigenvalue weighted by atomic mass is 10.2. The largest absolute Gasteiger partial charge is 0.273 e. The number of aromatic nitrogens is 4. The van der Waals surface area contributed by atoms with E-state index in [9.17, 15) is 14.9 Å². The van der Waals surface area contributed by atoms with Crippen LogP contribution in [-0.4, -0.2) is 24.1 Å². The molecule has 0 spiro atoms. The zero-order chi connectivity index (χ0) is 18.8. The van der Waals surface area contributed by atoms with Gasteiger partial charge in [0.25, 0.3) is 11.2 Å². The average molecular weight is 359 g/mol. The van der Waals surface area contributed by atoms with Crippen LogP contribution in [0.15, 0.2) is 71.9 Å². The summed E-state index contributed by atoms with van der Waals surface area (Å²) in [7, 11) is 0. The number of hydrogen-bond acceptors (Lipinski definition) is 5. The van der Waals surface area contributed by atoms with Crippen molar-refractivity contribution in [2.45, 2.75) is 0 Å². The van der Waals surface area contributed by atoms with Crippen molar-refractivity contribution in [2.75, 3.05) is 0 Å². The fourth-order valence-electron chi connectivity index (χ4n) is 2.73. The van der Waals surface area contributed by atoms with Crippen molar-refractivity contribution >= 4 is 23.5 Å². The van der Waals surface area contributed by atoms with E-state index in [0.29, 0.717) is 17.0 Å². The Hall–Kier alpha value is -4.07. The van der Waals surface area contributed by atoms with Crippen LogP contribution in [0.4, 0.5) is 5.69 Å². The van der Waals surface area contributed by atoms with E-state index in [2.05, 4.69) is 9.97 Å². The lowest BCUT2D eigenvalue weighted by Gasteiger charge is -2.06. The van der Waals surface area contributed by atoms with Crippen LogP contribution in [0.1, 0.15) is 11.3 Å². The predicted molar refractivity (Wildman–Crippen MR) is 101 cm³/mol. The molecule has 0 saturated carbocycles. The second-order valence-corrected chi connectivity index (χ2v) is 5.75. The zero-order valence-electron chi connectivity index (χ0n) is 14.0. The second kappa shape index (κ2) is 6.68. The SMILES string of the molecule is O=c1cc(C=Cc2cccnc2)nc2ccn(-c3cccc([N+](=O)[O-])c3)n12. The maximum Gasteiger partial charge on any atom is 0.273 e. The van der Waals surface area contributed by atoms with Crippen LogP contribution in [0, 0.1) is 10.1 Å². The van der Waals surface area contributed by atoms with E-state index in [1.165, 1.54) is 27.4 Å². The number of fused-ring (bicyclic) bond motifs is 1. The average Bonchev–Trinajstić information content (AvgIpc) is 3.12. The van der Waals surface area contributed by atoms with Crippen molar-refractivity contribution in [1.82, 2.24) is 19.2 Å². The number of hydrogen-bond donors (Lipinski definition) is 0. The first kappa shape index (κ1) is 16.4. The molecule has 0 fully saturated rings. The minimum absolute atomic E-state index is 0.0496. The van der Waals surface area contributed by atoms with E-state index < -0.39 is 4.92 Å². The number of nitro groups is 1. The molecule has 3 aromatic heterocycles. The minimum Gasteiger partial charge on any atom is -0.267 e. The zero-order valence-corrected chi connectivity index (χ0v) is 14.0. The lowest BCUT2D eigenvalue weighted by molar-refractivity contribution is -0.384. The molecule has 4 rings (SSSR count). The molecule has 132 valence electrons. The molecule has 3 heterocycles. The molecular formula is C19H13N5O3. The van der Waals surface area contributed by atoms with Gasteiger partial charge in [-0.1, -0.05) is 18.2 Å². The standard InChI is InChI=1S/C19H13N5O3/c25-19-11-15(7-6-14-3-2-9-20-13-14)21-18-8-10-22(23(18)19)16-4-1-5-17(12-16)24(26)27/h1-13H. The smallest absolute Gasteiger partial charge is 0.267 e. The van der Waals surface area contributed by atoms with Gasteiger partial charge in [-0.2, -0.15) is 4.52 Å². The van der Waals surface area contributed by atoms with Crippen molar-refractivity contribution in [1.29, 1.82) is 0 Å². The van der Waals surface area contributed by atoms with Crippen LogP contribution in [-0.2, 0) is 0 Å². The van der Waals surface area contributed by atoms with Crippen molar-refractivity contribution < 1.29 is 4.92 Å². The van der Waals surface area contributed by atoms with Crippen LogP contribution in [0.2, 0.25) is 0 Å². The molecule has 0 bridgehead atoms. The molecule has 0 unspecified atom stereocenters. The highest BCUT2D eigenvalue weighted by atomic mass is 16.6. The van der Waals surface area contributed by atoms with Gasteiger partial charge in [-0.05, 0) is 23.8 Å². The molecule has 0 aliphatic rings. The Balaban J connectivity index is 1.76. The van der Waals surface area contributed by atoms with Crippen LogP contribution >= 0.6 is 0 Å². The molecular weight excluding hydrogens is 346 g/mol. The molecule has 0 amide bonds. The lowest BCUT2D eigenvalue weighted by Crippen LogP contribution is -2.20. The Morgan fingerprint density at radius 3 is 2.74 bits per heavy atom. The summed E-state index contributed by atoms with van der Waals surface area (Å²) in [6.07, 6.45) is 8.61. The first-order chi connectivity index (χ1) is 13.1. The summed E-state index contributed by atoms with van der Waals surface area (Å²) >= 11 is 0. The maximum atomic E-state index is 12.6. The Morgan fingerprint density at radius 2 is 1.96 bits per heavy atom. The molecule has 0 saturated heterocycles. The van der Waals surface area contributed by atoms with Gasteiger partial charge in [0.05, 0.1) is 16.3 Å². The molecule has 8 heteroatoms. The Kier molecular flexibility index (Phi) is 4.06. The van der Waals surface area contributed by atoms with Gasteiger partial charge < -0.3 is 0 Å². The third-order valence-corrected chi connectivity index (χ3v) is 3.96. The van der Waals surface area contributed by atoms with Crippen molar-refractivity contribution in [3.63, 3.8) is 0 Å². The maximum absolute atomic E-state index is 12.6. The first-order valence-corrected chi connectivity index (χ1v) is 8.06. The van der Waals surface area contributed by atoms with Crippen LogP contribution < -0.4 is 5.56 Å². The Labute approximate surface area is 152 Å². The van der Waals surface area contributed by atoms with Crippen molar-refractivity contribution in [3.8, 4) is 5.69 Å². The molecule has 0 aliphatic carbocycles. The number of pyridine rings is 1. The van der Waals surface area contributed by atoms with Crippen molar-refractivity contribution in [3.05, 3.63) is 98.8 Å². The topological polar surface area (TPSA) is 95.3 Å². The van der Waals surface area contributed by atoms with Gasteiger partial charge in [0.15, 0.2) is 5.65 Å². The van der Waals surface area contributed by atoms with Gasteiger partial charge in [0.2, 0.25) is 0 Å². The number of rotatable bonds is 4. The number of benzene rings is 1. The molecule has 27 heavy (non-hydrogen) atoms. The van der Waals surface area contributed by atoms with E-state index in [-0.39, 0.29) is 11.2 Å². The normalized spacial score (nSPS) is 11.3. The highest BCUT2D eigenvalue weighted by Crippen LogP contribution is 2.17. The summed E-state index contributed by atoms with van der Waals surface area (Å²) in [6.45, 7) is 0. The molecule has 0 atom stereocenters. The van der Waals surface area contributed by atoms with E-state index in [4.69, 9.17) is 0 Å². The first-order valence-electron chi connectivity index (χ1n) is 8.06. The third kappa shape index (κ3) is 3.23. The molecule has 1 aromatic carbocycles. The summed E-state index contributed by atoms with van der Waals surface area (Å²) in [5.41, 5.74) is 2.02. The monoisotopic (exact) mass is 359 g/mol. The van der Waals surface area contributed by atoms with E-state index in [0.717, 1.165) is 5.56 Å². The summed E-state index contributed by atoms with van der Waals surface area (Å²) in [5, 5.41) is 11.0. The van der Waals surface area contributed by atoms with Gasteiger partial charge in [-0.25, -0.2) is 4.98 Å². The molecule has 0 radical (unpaired) electrons. The predicted octanol–water partition coefficient (Wildman–Crippen LogP) is 2.96. The van der Waals surface area contributed by atoms with Gasteiger partial charge in [0, 0.05) is 42.9 Å². The highest BCUT2D eigenvalue weighted by molar-refractivity contribution is 5.68. The Morgan fingerprint density at radius 1 is 1.07 bits per heavy atom. The van der Waals surface area contributed by atoms with E-state index in [1.54, 1.807) is 42.9 Å².